The van der Waals surface area contributed by atoms with Crippen molar-refractivity contribution in [2.45, 2.75) is 0 Å². The Bertz CT molecular complexity index is 1380. The van der Waals surface area contributed by atoms with Crippen molar-refractivity contribution in [2.24, 2.45) is 0 Å². The van der Waals surface area contributed by atoms with Gasteiger partial charge in [0.1, 0.15) is 11.6 Å². The van der Waals surface area contributed by atoms with Gasteiger partial charge in [-0.3, -0.25) is 9.69 Å². The standard InChI is InChI=1S/C27H27FN8O2/c28-21-6-4-5-19(17-21)24-32-26(34-27(33-24)36-13-11-35(12-14-36)15-16-37)31-23-10-9-20(18-29-23)25(38)30-22-7-2-1-3-8-22/h1-10,17-18,37H,11-16H2,(H,30,38)(H,29,31,32,33,34). The molecule has 38 heavy (non-hydrogen) atoms. The van der Waals surface area contributed by atoms with Crippen LogP contribution in [0.15, 0.2) is 72.9 Å². The molecule has 0 aliphatic carbocycles. The van der Waals surface area contributed by atoms with Crippen LogP contribution in [0.5, 0.6) is 0 Å². The van der Waals surface area contributed by atoms with Crippen LogP contribution in [0.2, 0.25) is 0 Å². The lowest BCUT2D eigenvalue weighted by atomic mass is 10.2. The zero-order valence-corrected chi connectivity index (χ0v) is 20.6. The molecule has 0 atom stereocenters. The van der Waals surface area contributed by atoms with E-state index in [1.807, 2.05) is 35.2 Å². The summed E-state index contributed by atoms with van der Waals surface area (Å²) in [5.74, 6) is 0.823. The highest BCUT2D eigenvalue weighted by molar-refractivity contribution is 6.04. The smallest absolute Gasteiger partial charge is 0.257 e. The highest BCUT2D eigenvalue weighted by atomic mass is 19.1. The van der Waals surface area contributed by atoms with Gasteiger partial charge in [-0.2, -0.15) is 15.0 Å². The molecule has 2 aromatic heterocycles. The summed E-state index contributed by atoms with van der Waals surface area (Å²) < 4.78 is 13.9. The van der Waals surface area contributed by atoms with Crippen LogP contribution in [0.3, 0.4) is 0 Å². The van der Waals surface area contributed by atoms with E-state index in [1.54, 1.807) is 24.3 Å². The van der Waals surface area contributed by atoms with Crippen molar-refractivity contribution in [2.75, 3.05) is 54.9 Å². The number of carbonyl (C=O) groups is 1. The zero-order chi connectivity index (χ0) is 26.3. The molecule has 1 aliphatic rings. The molecule has 5 rings (SSSR count). The fourth-order valence-corrected chi connectivity index (χ4v) is 4.07. The van der Waals surface area contributed by atoms with Gasteiger partial charge in [-0.15, -0.1) is 0 Å². The monoisotopic (exact) mass is 514 g/mol. The Morgan fingerprint density at radius 1 is 0.947 bits per heavy atom. The number of aliphatic hydroxyl groups excluding tert-OH is 1. The normalized spacial score (nSPS) is 13.8. The molecular weight excluding hydrogens is 487 g/mol. The van der Waals surface area contributed by atoms with E-state index in [4.69, 9.17) is 0 Å². The number of β-amino-alcohol motifs (C(OH)–C–C–N with tert-alkyl or cyclic N) is 1. The Morgan fingerprint density at radius 2 is 1.76 bits per heavy atom. The molecule has 11 heteroatoms. The van der Waals surface area contributed by atoms with Crippen LogP contribution < -0.4 is 15.5 Å². The fourth-order valence-electron chi connectivity index (χ4n) is 4.07. The lowest BCUT2D eigenvalue weighted by Gasteiger charge is -2.34. The average molecular weight is 515 g/mol. The second-order valence-corrected chi connectivity index (χ2v) is 8.72. The third-order valence-corrected chi connectivity index (χ3v) is 6.07. The molecule has 1 amide bonds. The van der Waals surface area contributed by atoms with Gasteiger partial charge in [-0.25, -0.2) is 9.37 Å². The van der Waals surface area contributed by atoms with E-state index in [1.165, 1.54) is 18.3 Å². The molecule has 0 saturated carbocycles. The molecular formula is C27H27FN8O2. The number of halogens is 1. The van der Waals surface area contributed by atoms with Gasteiger partial charge >= 0.3 is 0 Å². The molecule has 3 N–H and O–H groups in total. The number of rotatable bonds is 8. The zero-order valence-electron chi connectivity index (χ0n) is 20.6. The number of hydrogen-bond acceptors (Lipinski definition) is 9. The first-order valence-corrected chi connectivity index (χ1v) is 12.3. The van der Waals surface area contributed by atoms with Gasteiger partial charge in [-0.05, 0) is 36.4 Å². The summed E-state index contributed by atoms with van der Waals surface area (Å²) in [6.07, 6.45) is 1.47. The Hall–Kier alpha value is -4.48. The minimum absolute atomic E-state index is 0.114. The van der Waals surface area contributed by atoms with Crippen molar-refractivity contribution >= 4 is 29.3 Å². The van der Waals surface area contributed by atoms with Crippen molar-refractivity contribution in [1.29, 1.82) is 0 Å². The molecule has 3 heterocycles. The lowest BCUT2D eigenvalue weighted by Crippen LogP contribution is -2.47. The van der Waals surface area contributed by atoms with Gasteiger partial charge in [0.05, 0.1) is 12.2 Å². The second-order valence-electron chi connectivity index (χ2n) is 8.72. The quantitative estimate of drug-likeness (QED) is 0.326. The first-order valence-electron chi connectivity index (χ1n) is 12.3. The van der Waals surface area contributed by atoms with Gasteiger partial charge in [0, 0.05) is 50.2 Å². The number of para-hydroxylation sites is 1. The van der Waals surface area contributed by atoms with Gasteiger partial charge in [0.2, 0.25) is 11.9 Å². The Labute approximate surface area is 219 Å². The molecule has 0 bridgehead atoms. The van der Waals surface area contributed by atoms with Crippen molar-refractivity contribution in [3.8, 4) is 11.4 Å². The fraction of sp³-hybridized carbons (Fsp3) is 0.222. The van der Waals surface area contributed by atoms with Crippen LogP contribution in [0.25, 0.3) is 11.4 Å². The molecule has 1 saturated heterocycles. The molecule has 0 radical (unpaired) electrons. The first kappa shape index (κ1) is 25.2. The van der Waals surface area contributed by atoms with Crippen LogP contribution in [0, 0.1) is 5.82 Å². The van der Waals surface area contributed by atoms with E-state index in [0.717, 1.165) is 13.1 Å². The van der Waals surface area contributed by atoms with Crippen LogP contribution in [-0.2, 0) is 0 Å². The molecule has 1 aliphatic heterocycles. The second kappa shape index (κ2) is 11.7. The predicted octanol–water partition coefficient (Wildman–Crippen LogP) is 3.18. The maximum absolute atomic E-state index is 13.9. The number of carbonyl (C=O) groups excluding carboxylic acids is 1. The SMILES string of the molecule is O=C(Nc1ccccc1)c1ccc(Nc2nc(-c3cccc(F)c3)nc(N3CCN(CCO)CC3)n2)nc1. The van der Waals surface area contributed by atoms with Gasteiger partial charge < -0.3 is 20.6 Å². The maximum Gasteiger partial charge on any atom is 0.257 e. The summed E-state index contributed by atoms with van der Waals surface area (Å²) in [4.78, 5) is 34.8. The Balaban J connectivity index is 1.36. The number of piperazine rings is 1. The molecule has 4 aromatic rings. The predicted molar refractivity (Wildman–Crippen MR) is 143 cm³/mol. The third-order valence-electron chi connectivity index (χ3n) is 6.07. The van der Waals surface area contributed by atoms with E-state index in [-0.39, 0.29) is 24.3 Å². The van der Waals surface area contributed by atoms with E-state index < -0.39 is 0 Å². The summed E-state index contributed by atoms with van der Waals surface area (Å²) in [7, 11) is 0. The van der Waals surface area contributed by atoms with Crippen LogP contribution in [-0.4, -0.2) is 75.2 Å². The highest BCUT2D eigenvalue weighted by Gasteiger charge is 2.21. The van der Waals surface area contributed by atoms with Crippen LogP contribution in [0.4, 0.5) is 27.8 Å². The number of pyridine rings is 1. The summed E-state index contributed by atoms with van der Waals surface area (Å²) in [6, 6.07) is 18.6. The number of benzene rings is 2. The number of hydrogen-bond donors (Lipinski definition) is 3. The van der Waals surface area contributed by atoms with Crippen molar-refractivity contribution in [3.05, 3.63) is 84.3 Å². The van der Waals surface area contributed by atoms with E-state index >= 15 is 0 Å². The Kier molecular flexibility index (Phi) is 7.76. The maximum atomic E-state index is 13.9. The number of nitrogens with one attached hydrogen (secondary N) is 2. The van der Waals surface area contributed by atoms with Gasteiger partial charge in [-0.1, -0.05) is 30.3 Å². The topological polar surface area (TPSA) is 119 Å². The number of anilines is 4. The summed E-state index contributed by atoms with van der Waals surface area (Å²) >= 11 is 0. The van der Waals surface area contributed by atoms with E-state index in [2.05, 4.69) is 35.5 Å². The van der Waals surface area contributed by atoms with Crippen molar-refractivity contribution in [1.82, 2.24) is 24.8 Å². The van der Waals surface area contributed by atoms with E-state index in [9.17, 15) is 14.3 Å². The summed E-state index contributed by atoms with van der Waals surface area (Å²) in [5, 5.41) is 15.1. The molecule has 194 valence electrons. The summed E-state index contributed by atoms with van der Waals surface area (Å²) in [5.41, 5.74) is 1.62. The minimum Gasteiger partial charge on any atom is -0.395 e. The van der Waals surface area contributed by atoms with Gasteiger partial charge in [0.25, 0.3) is 5.91 Å². The number of aliphatic hydroxyl groups is 1. The van der Waals surface area contributed by atoms with Gasteiger partial charge in [0.15, 0.2) is 5.82 Å². The first-order chi connectivity index (χ1) is 18.6. The third kappa shape index (κ3) is 6.25. The minimum atomic E-state index is -0.386. The molecule has 2 aromatic carbocycles. The Morgan fingerprint density at radius 3 is 2.47 bits per heavy atom. The molecule has 0 unspecified atom stereocenters. The van der Waals surface area contributed by atoms with Crippen LogP contribution >= 0.6 is 0 Å². The average Bonchev–Trinajstić information content (AvgIpc) is 2.94. The summed E-state index contributed by atoms with van der Waals surface area (Å²) in [6.45, 7) is 3.61. The molecule has 1 fully saturated rings. The van der Waals surface area contributed by atoms with Crippen molar-refractivity contribution < 1.29 is 14.3 Å². The lowest BCUT2D eigenvalue weighted by molar-refractivity contribution is 0.102. The number of amides is 1. The van der Waals surface area contributed by atoms with Crippen LogP contribution in [0.1, 0.15) is 10.4 Å². The largest absolute Gasteiger partial charge is 0.395 e. The number of aromatic nitrogens is 4. The highest BCUT2D eigenvalue weighted by Crippen LogP contribution is 2.23. The molecule has 10 nitrogen and oxygen atoms in total. The van der Waals surface area contributed by atoms with Crippen molar-refractivity contribution in [3.63, 3.8) is 0 Å². The van der Waals surface area contributed by atoms with E-state index in [0.29, 0.717) is 54.0 Å². The molecule has 0 spiro atoms. The number of nitrogens with zero attached hydrogens (tertiary/aromatic N) is 6.